The molecule has 3 rings (SSSR count). The maximum Gasteiger partial charge on any atom is 0.272 e. The quantitative estimate of drug-likeness (QED) is 0.500. The number of aromatic amines is 1. The first kappa shape index (κ1) is 12.5. The van der Waals surface area contributed by atoms with Crippen molar-refractivity contribution in [2.45, 2.75) is 0 Å². The summed E-state index contributed by atoms with van der Waals surface area (Å²) in [5, 5.41) is 3.97. The second-order valence-corrected chi connectivity index (χ2v) is 4.74. The fourth-order valence-corrected chi connectivity index (χ4v) is 2.13. The Bertz CT molecular complexity index is 797. The van der Waals surface area contributed by atoms with E-state index in [4.69, 9.17) is 17.3 Å². The molecule has 0 aliphatic heterocycles. The van der Waals surface area contributed by atoms with Gasteiger partial charge < -0.3 is 16.0 Å². The highest BCUT2D eigenvalue weighted by atomic mass is 35.5. The lowest BCUT2D eigenvalue weighted by Crippen LogP contribution is -2.12. The number of hydrogen-bond donors (Lipinski definition) is 3. The van der Waals surface area contributed by atoms with Crippen molar-refractivity contribution in [1.82, 2.24) is 9.97 Å². The standard InChI is InChI=1S/C14H11ClN4O/c15-13-7-10(3-4-17-13)18-14(20)12-6-8-5-9(16)1-2-11(8)19-12/h1-7,19H,16H2,(H,17,18,20). The Hall–Kier alpha value is -2.53. The molecule has 6 heteroatoms. The van der Waals surface area contributed by atoms with Gasteiger partial charge in [-0.1, -0.05) is 11.6 Å². The molecule has 0 bridgehead atoms. The van der Waals surface area contributed by atoms with Crippen LogP contribution in [0.15, 0.2) is 42.6 Å². The molecule has 3 aromatic rings. The first-order valence-electron chi connectivity index (χ1n) is 5.93. The van der Waals surface area contributed by atoms with E-state index in [0.29, 0.717) is 22.2 Å². The number of nitrogen functional groups attached to an aromatic ring is 1. The maximum atomic E-state index is 12.1. The monoisotopic (exact) mass is 286 g/mol. The number of fused-ring (bicyclic) bond motifs is 1. The molecule has 2 aromatic heterocycles. The van der Waals surface area contributed by atoms with E-state index < -0.39 is 0 Å². The Morgan fingerprint density at radius 3 is 2.90 bits per heavy atom. The molecule has 100 valence electrons. The second-order valence-electron chi connectivity index (χ2n) is 4.35. The molecule has 0 saturated carbocycles. The molecule has 5 nitrogen and oxygen atoms in total. The van der Waals surface area contributed by atoms with Gasteiger partial charge in [0.05, 0.1) is 0 Å². The van der Waals surface area contributed by atoms with E-state index >= 15 is 0 Å². The molecule has 0 spiro atoms. The molecule has 0 aliphatic carbocycles. The van der Waals surface area contributed by atoms with Crippen molar-refractivity contribution < 1.29 is 4.79 Å². The minimum Gasteiger partial charge on any atom is -0.399 e. The van der Waals surface area contributed by atoms with Crippen molar-refractivity contribution >= 4 is 39.8 Å². The number of benzene rings is 1. The van der Waals surface area contributed by atoms with Gasteiger partial charge in [-0.2, -0.15) is 0 Å². The van der Waals surface area contributed by atoms with Crippen LogP contribution in [0.25, 0.3) is 10.9 Å². The predicted molar refractivity (Wildman–Crippen MR) is 79.9 cm³/mol. The summed E-state index contributed by atoms with van der Waals surface area (Å²) in [6, 6.07) is 10.4. The zero-order chi connectivity index (χ0) is 14.1. The van der Waals surface area contributed by atoms with E-state index in [-0.39, 0.29) is 5.91 Å². The summed E-state index contributed by atoms with van der Waals surface area (Å²) in [7, 11) is 0. The van der Waals surface area contributed by atoms with E-state index in [1.165, 1.54) is 6.20 Å². The van der Waals surface area contributed by atoms with Gasteiger partial charge in [-0.3, -0.25) is 4.79 Å². The molecule has 20 heavy (non-hydrogen) atoms. The van der Waals surface area contributed by atoms with E-state index in [0.717, 1.165) is 10.9 Å². The van der Waals surface area contributed by atoms with Gasteiger partial charge in [0.25, 0.3) is 5.91 Å². The maximum absolute atomic E-state index is 12.1. The van der Waals surface area contributed by atoms with Crippen molar-refractivity contribution in [3.63, 3.8) is 0 Å². The summed E-state index contributed by atoms with van der Waals surface area (Å²) >= 11 is 5.77. The van der Waals surface area contributed by atoms with Crippen LogP contribution < -0.4 is 11.1 Å². The molecule has 0 saturated heterocycles. The highest BCUT2D eigenvalue weighted by molar-refractivity contribution is 6.29. The largest absolute Gasteiger partial charge is 0.399 e. The average Bonchev–Trinajstić information content (AvgIpc) is 2.81. The minimum absolute atomic E-state index is 0.248. The fourth-order valence-electron chi connectivity index (χ4n) is 1.95. The van der Waals surface area contributed by atoms with Gasteiger partial charge in [-0.05, 0) is 36.4 Å². The summed E-state index contributed by atoms with van der Waals surface area (Å²) in [5.41, 5.74) is 8.28. The van der Waals surface area contributed by atoms with Gasteiger partial charge in [0.2, 0.25) is 0 Å². The third-order valence-electron chi connectivity index (χ3n) is 2.87. The van der Waals surface area contributed by atoms with Crippen molar-refractivity contribution in [2.75, 3.05) is 11.1 Å². The first-order valence-corrected chi connectivity index (χ1v) is 6.31. The highest BCUT2D eigenvalue weighted by Gasteiger charge is 2.10. The van der Waals surface area contributed by atoms with E-state index in [2.05, 4.69) is 15.3 Å². The lowest BCUT2D eigenvalue weighted by atomic mass is 10.2. The van der Waals surface area contributed by atoms with Crippen LogP contribution in [0.5, 0.6) is 0 Å². The molecule has 4 N–H and O–H groups in total. The molecular formula is C14H11ClN4O. The summed E-state index contributed by atoms with van der Waals surface area (Å²) in [6.07, 6.45) is 1.53. The van der Waals surface area contributed by atoms with Gasteiger partial charge in [-0.25, -0.2) is 4.98 Å². The Labute approximate surface area is 119 Å². The summed E-state index contributed by atoms with van der Waals surface area (Å²) in [4.78, 5) is 19.0. The van der Waals surface area contributed by atoms with Gasteiger partial charge >= 0.3 is 0 Å². The van der Waals surface area contributed by atoms with Crippen LogP contribution in [0.1, 0.15) is 10.5 Å². The van der Waals surface area contributed by atoms with Gasteiger partial charge in [0.1, 0.15) is 10.8 Å². The average molecular weight is 287 g/mol. The van der Waals surface area contributed by atoms with Crippen molar-refractivity contribution in [3.05, 3.63) is 53.4 Å². The number of nitrogens with one attached hydrogen (secondary N) is 2. The number of nitrogens with two attached hydrogens (primary N) is 1. The number of rotatable bonds is 2. The minimum atomic E-state index is -0.248. The van der Waals surface area contributed by atoms with Crippen LogP contribution in [0.2, 0.25) is 5.15 Å². The topological polar surface area (TPSA) is 83.8 Å². The highest BCUT2D eigenvalue weighted by Crippen LogP contribution is 2.19. The van der Waals surface area contributed by atoms with Crippen LogP contribution in [-0.2, 0) is 0 Å². The van der Waals surface area contributed by atoms with Crippen LogP contribution in [0.4, 0.5) is 11.4 Å². The number of pyridine rings is 1. The summed E-state index contributed by atoms with van der Waals surface area (Å²) < 4.78 is 0. The van der Waals surface area contributed by atoms with E-state index in [1.54, 1.807) is 24.3 Å². The zero-order valence-corrected chi connectivity index (χ0v) is 11.1. The number of H-pyrrole nitrogens is 1. The number of hydrogen-bond acceptors (Lipinski definition) is 3. The van der Waals surface area contributed by atoms with Crippen LogP contribution in [-0.4, -0.2) is 15.9 Å². The van der Waals surface area contributed by atoms with Crippen LogP contribution in [0, 0.1) is 0 Å². The Morgan fingerprint density at radius 1 is 1.25 bits per heavy atom. The molecular weight excluding hydrogens is 276 g/mol. The van der Waals surface area contributed by atoms with Crippen LogP contribution in [0.3, 0.4) is 0 Å². The third-order valence-corrected chi connectivity index (χ3v) is 3.08. The number of anilines is 2. The number of amides is 1. The lowest BCUT2D eigenvalue weighted by Gasteiger charge is -2.03. The molecule has 2 heterocycles. The number of halogens is 1. The second kappa shape index (κ2) is 4.86. The third kappa shape index (κ3) is 2.44. The van der Waals surface area contributed by atoms with Gasteiger partial charge in [-0.15, -0.1) is 0 Å². The molecule has 0 atom stereocenters. The SMILES string of the molecule is Nc1ccc2[nH]c(C(=O)Nc3ccnc(Cl)c3)cc2c1. The lowest BCUT2D eigenvalue weighted by molar-refractivity contribution is 0.102. The normalized spacial score (nSPS) is 10.7. The number of nitrogens with zero attached hydrogens (tertiary/aromatic N) is 1. The summed E-state index contributed by atoms with van der Waals surface area (Å²) in [6.45, 7) is 0. The molecule has 0 unspecified atom stereocenters. The number of carbonyl (C=O) groups is 1. The van der Waals surface area contributed by atoms with Crippen molar-refractivity contribution in [3.8, 4) is 0 Å². The Morgan fingerprint density at radius 2 is 2.10 bits per heavy atom. The number of aromatic nitrogens is 2. The van der Waals surface area contributed by atoms with Gasteiger partial charge in [0, 0.05) is 28.5 Å². The summed E-state index contributed by atoms with van der Waals surface area (Å²) in [5.74, 6) is -0.248. The van der Waals surface area contributed by atoms with Crippen LogP contribution >= 0.6 is 11.6 Å². The molecule has 0 radical (unpaired) electrons. The van der Waals surface area contributed by atoms with E-state index in [1.807, 2.05) is 12.1 Å². The zero-order valence-electron chi connectivity index (χ0n) is 10.4. The predicted octanol–water partition coefficient (Wildman–Crippen LogP) is 3.05. The van der Waals surface area contributed by atoms with E-state index in [9.17, 15) is 4.79 Å². The smallest absolute Gasteiger partial charge is 0.272 e. The Balaban J connectivity index is 1.88. The molecule has 0 fully saturated rings. The molecule has 0 aliphatic rings. The van der Waals surface area contributed by atoms with Crippen molar-refractivity contribution in [2.24, 2.45) is 0 Å². The van der Waals surface area contributed by atoms with Gasteiger partial charge in [0.15, 0.2) is 0 Å². The number of carbonyl (C=O) groups excluding carboxylic acids is 1. The molecule has 1 amide bonds. The molecule has 1 aromatic carbocycles. The first-order chi connectivity index (χ1) is 9.61. The van der Waals surface area contributed by atoms with Crippen molar-refractivity contribution in [1.29, 1.82) is 0 Å². The fraction of sp³-hybridized carbons (Fsp3) is 0. The Kier molecular flexibility index (Phi) is 3.04.